The van der Waals surface area contributed by atoms with E-state index in [1.54, 1.807) is 6.20 Å². The summed E-state index contributed by atoms with van der Waals surface area (Å²) in [5.74, 6) is -0.352. The molecule has 10 heteroatoms. The number of hydrogen-bond donors (Lipinski definition) is 1. The summed E-state index contributed by atoms with van der Waals surface area (Å²) in [5.41, 5.74) is 3.34. The Hall–Kier alpha value is -3.04. The van der Waals surface area contributed by atoms with E-state index in [1.807, 2.05) is 36.7 Å². The van der Waals surface area contributed by atoms with Gasteiger partial charge < -0.3 is 14.6 Å². The van der Waals surface area contributed by atoms with E-state index in [-0.39, 0.29) is 29.9 Å². The topological polar surface area (TPSA) is 79.8 Å². The van der Waals surface area contributed by atoms with Crippen molar-refractivity contribution in [1.82, 2.24) is 29.1 Å². The van der Waals surface area contributed by atoms with Gasteiger partial charge in [0.25, 0.3) is 0 Å². The molecule has 1 fully saturated rings. The molecule has 1 atom stereocenters. The molecule has 1 saturated heterocycles. The average molecular weight is 444 g/mol. The summed E-state index contributed by atoms with van der Waals surface area (Å²) in [6.07, 6.45) is 5.32. The highest BCUT2D eigenvalue weighted by atomic mass is 35.5. The predicted octanol–water partition coefficient (Wildman–Crippen LogP) is 2.38. The molecule has 4 aromatic heterocycles. The van der Waals surface area contributed by atoms with Crippen LogP contribution in [-0.4, -0.2) is 49.4 Å². The van der Waals surface area contributed by atoms with Gasteiger partial charge in [-0.25, -0.2) is 23.6 Å². The molecule has 0 radical (unpaired) electrons. The van der Waals surface area contributed by atoms with Gasteiger partial charge >= 0.3 is 5.69 Å². The lowest BCUT2D eigenvalue weighted by molar-refractivity contribution is 0.483. The molecule has 1 aliphatic rings. The normalized spacial score (nSPS) is 16.6. The zero-order valence-corrected chi connectivity index (χ0v) is 18.3. The second-order valence-corrected chi connectivity index (χ2v) is 7.90. The molecule has 0 aromatic carbocycles. The molecule has 0 saturated carbocycles. The van der Waals surface area contributed by atoms with Gasteiger partial charge in [0.15, 0.2) is 17.3 Å². The number of nitrogens with one attached hydrogen (secondary N) is 1. The van der Waals surface area contributed by atoms with E-state index in [0.29, 0.717) is 11.3 Å². The zero-order chi connectivity index (χ0) is 21.0. The lowest BCUT2D eigenvalue weighted by Gasteiger charge is -2.33. The van der Waals surface area contributed by atoms with Crippen LogP contribution in [0.25, 0.3) is 22.7 Å². The summed E-state index contributed by atoms with van der Waals surface area (Å²) in [6, 6.07) is 3.59. The lowest BCUT2D eigenvalue weighted by atomic mass is 10.2. The maximum atomic E-state index is 15.0. The number of halogens is 2. The Morgan fingerprint density at radius 3 is 2.68 bits per heavy atom. The van der Waals surface area contributed by atoms with Crippen LogP contribution in [0.15, 0.2) is 35.5 Å². The summed E-state index contributed by atoms with van der Waals surface area (Å²) in [6.45, 7) is 8.21. The molecule has 0 aliphatic carbocycles. The Labute approximate surface area is 184 Å². The molecule has 5 rings (SSSR count). The van der Waals surface area contributed by atoms with Crippen molar-refractivity contribution in [2.24, 2.45) is 0 Å². The van der Waals surface area contributed by atoms with Gasteiger partial charge in [0.2, 0.25) is 0 Å². The molecule has 0 bridgehead atoms. The van der Waals surface area contributed by atoms with Crippen molar-refractivity contribution in [3.63, 3.8) is 0 Å². The first kappa shape index (κ1) is 21.2. The fraction of sp³-hybridized carbons (Fsp3) is 0.333. The predicted molar refractivity (Wildman–Crippen MR) is 120 cm³/mol. The zero-order valence-electron chi connectivity index (χ0n) is 17.5. The molecule has 8 nitrogen and oxygen atoms in total. The van der Waals surface area contributed by atoms with Crippen LogP contribution in [0.2, 0.25) is 0 Å². The molecule has 4 aromatic rings. The van der Waals surface area contributed by atoms with Crippen LogP contribution in [-0.2, 0) is 0 Å². The lowest BCUT2D eigenvalue weighted by Crippen LogP contribution is -2.49. The highest BCUT2D eigenvalue weighted by molar-refractivity contribution is 5.85. The Morgan fingerprint density at radius 2 is 1.90 bits per heavy atom. The van der Waals surface area contributed by atoms with Crippen molar-refractivity contribution in [2.75, 3.05) is 24.5 Å². The third-order valence-electron chi connectivity index (χ3n) is 5.44. The first-order valence-electron chi connectivity index (χ1n) is 9.93. The highest BCUT2D eigenvalue weighted by Gasteiger charge is 2.19. The number of pyridine rings is 2. The van der Waals surface area contributed by atoms with E-state index in [2.05, 4.69) is 32.1 Å². The Kier molecular flexibility index (Phi) is 5.40. The van der Waals surface area contributed by atoms with Gasteiger partial charge in [-0.2, -0.15) is 4.98 Å². The standard InChI is InChI=1S/C21H22FN7O.ClH/c1-12-6-15(10-28-9-14(3)24-19(12)28)18-25-20-17(22)7-16(11-29(20)21(30)26-18)27-5-4-23-13(2)8-27;/h6-7,9-11,13,23H,4-5,8H2,1-3H3;1H/t13-;/m0./s1. The van der Waals surface area contributed by atoms with Gasteiger partial charge in [-0.3, -0.25) is 0 Å². The molecular weight excluding hydrogens is 421 g/mol. The molecule has 0 amide bonds. The summed E-state index contributed by atoms with van der Waals surface area (Å²) in [5, 5.41) is 3.35. The molecular formula is C21H23ClFN7O. The first-order chi connectivity index (χ1) is 14.4. The second-order valence-electron chi connectivity index (χ2n) is 7.90. The van der Waals surface area contributed by atoms with E-state index < -0.39 is 11.5 Å². The minimum Gasteiger partial charge on any atom is -0.367 e. The maximum Gasteiger partial charge on any atom is 0.355 e. The van der Waals surface area contributed by atoms with Crippen LogP contribution in [0.3, 0.4) is 0 Å². The van der Waals surface area contributed by atoms with Gasteiger partial charge in [-0.05, 0) is 32.4 Å². The largest absolute Gasteiger partial charge is 0.367 e. The van der Waals surface area contributed by atoms with E-state index in [1.165, 1.54) is 10.5 Å². The Bertz CT molecular complexity index is 1350. The number of nitrogens with zero attached hydrogens (tertiary/aromatic N) is 6. The van der Waals surface area contributed by atoms with Gasteiger partial charge in [-0.1, -0.05) is 0 Å². The fourth-order valence-corrected chi connectivity index (χ4v) is 4.05. The first-order valence-corrected chi connectivity index (χ1v) is 9.93. The van der Waals surface area contributed by atoms with Crippen LogP contribution >= 0.6 is 12.4 Å². The van der Waals surface area contributed by atoms with Crippen molar-refractivity contribution in [1.29, 1.82) is 0 Å². The smallest absolute Gasteiger partial charge is 0.355 e. The number of hydrogen-bond acceptors (Lipinski definition) is 6. The van der Waals surface area contributed by atoms with E-state index in [4.69, 9.17) is 0 Å². The average Bonchev–Trinajstić information content (AvgIpc) is 3.09. The third-order valence-corrected chi connectivity index (χ3v) is 5.44. The van der Waals surface area contributed by atoms with Gasteiger partial charge in [0, 0.05) is 55.9 Å². The number of imidazole rings is 1. The molecule has 1 aliphatic heterocycles. The minimum atomic E-state index is -0.557. The van der Waals surface area contributed by atoms with Crippen LogP contribution in [0, 0.1) is 19.7 Å². The molecule has 0 spiro atoms. The van der Waals surface area contributed by atoms with Crippen molar-refractivity contribution < 1.29 is 4.39 Å². The number of aryl methyl sites for hydroxylation is 2. The van der Waals surface area contributed by atoms with Gasteiger partial charge in [0.1, 0.15) is 5.65 Å². The highest BCUT2D eigenvalue weighted by Crippen LogP contribution is 2.22. The van der Waals surface area contributed by atoms with Gasteiger partial charge in [0.05, 0.1) is 11.4 Å². The summed E-state index contributed by atoms with van der Waals surface area (Å²) in [4.78, 5) is 27.8. The Morgan fingerprint density at radius 1 is 1.10 bits per heavy atom. The third kappa shape index (κ3) is 3.75. The van der Waals surface area contributed by atoms with Crippen molar-refractivity contribution >= 4 is 29.4 Å². The van der Waals surface area contributed by atoms with Crippen molar-refractivity contribution in [3.05, 3.63) is 58.3 Å². The molecule has 0 unspecified atom stereocenters. The summed E-state index contributed by atoms with van der Waals surface area (Å²) >= 11 is 0. The number of fused-ring (bicyclic) bond motifs is 2. The van der Waals surface area contributed by atoms with E-state index >= 15 is 4.39 Å². The minimum absolute atomic E-state index is 0. The molecule has 5 heterocycles. The van der Waals surface area contributed by atoms with Crippen molar-refractivity contribution in [2.45, 2.75) is 26.8 Å². The van der Waals surface area contributed by atoms with Crippen LogP contribution in [0.4, 0.5) is 10.1 Å². The van der Waals surface area contributed by atoms with Gasteiger partial charge in [-0.15, -0.1) is 12.4 Å². The number of aromatic nitrogens is 5. The fourth-order valence-electron chi connectivity index (χ4n) is 4.05. The summed E-state index contributed by atoms with van der Waals surface area (Å²) in [7, 11) is 0. The van der Waals surface area contributed by atoms with Crippen molar-refractivity contribution in [3.8, 4) is 11.4 Å². The van der Waals surface area contributed by atoms with Crippen LogP contribution < -0.4 is 15.9 Å². The molecule has 1 N–H and O–H groups in total. The SMILES string of the molecule is Cc1cn2cc(-c3nc(=O)n4cc(N5CCN[C@@H](C)C5)cc(F)c4n3)cc(C)c2n1.Cl. The van der Waals surface area contributed by atoms with Crippen LogP contribution in [0.1, 0.15) is 18.2 Å². The Balaban J connectivity index is 0.00000231. The summed E-state index contributed by atoms with van der Waals surface area (Å²) < 4.78 is 18.1. The second kappa shape index (κ2) is 7.90. The number of rotatable bonds is 2. The van der Waals surface area contributed by atoms with Crippen LogP contribution in [0.5, 0.6) is 0 Å². The number of anilines is 1. The van der Waals surface area contributed by atoms with E-state index in [9.17, 15) is 4.79 Å². The monoisotopic (exact) mass is 443 g/mol. The molecule has 162 valence electrons. The molecule has 31 heavy (non-hydrogen) atoms. The maximum absolute atomic E-state index is 15.0. The van der Waals surface area contributed by atoms with E-state index in [0.717, 1.165) is 36.5 Å². The quantitative estimate of drug-likeness (QED) is 0.512. The number of piperazine rings is 1.